The van der Waals surface area contributed by atoms with Crippen LogP contribution >= 0.6 is 0 Å². The van der Waals surface area contributed by atoms with Crippen molar-refractivity contribution in [1.82, 2.24) is 10.2 Å². The lowest BCUT2D eigenvalue weighted by molar-refractivity contribution is -0.739. The number of hydrogen-bond acceptors (Lipinski definition) is 4. The summed E-state index contributed by atoms with van der Waals surface area (Å²) in [7, 11) is 1.15. The lowest BCUT2D eigenvalue weighted by Gasteiger charge is -1.82. The SMILES string of the molecule is CO[N+](=O)c1cc(C(=O)O)[nH]n1. The summed E-state index contributed by atoms with van der Waals surface area (Å²) in [6, 6.07) is 1.07. The molecule has 0 fully saturated rings. The molecule has 0 saturated carbocycles. The van der Waals surface area contributed by atoms with Gasteiger partial charge in [0.05, 0.1) is 11.2 Å². The zero-order valence-corrected chi connectivity index (χ0v) is 6.14. The van der Waals surface area contributed by atoms with E-state index in [2.05, 4.69) is 15.0 Å². The standard InChI is InChI=1S/C5H5N3O4/c1-12-8(11)4-2-3(5(9)10)6-7-4/h2H,1H3,(H-,6,7,9,10,11)/p+1. The van der Waals surface area contributed by atoms with Crippen molar-refractivity contribution in [3.8, 4) is 0 Å². The normalized spacial score (nSPS) is 9.42. The van der Waals surface area contributed by atoms with Crippen LogP contribution in [0.25, 0.3) is 0 Å². The van der Waals surface area contributed by atoms with Gasteiger partial charge in [0.1, 0.15) is 7.11 Å². The van der Waals surface area contributed by atoms with Gasteiger partial charge < -0.3 is 9.94 Å². The summed E-state index contributed by atoms with van der Waals surface area (Å²) >= 11 is 0. The molecule has 0 aliphatic rings. The van der Waals surface area contributed by atoms with E-state index in [0.717, 1.165) is 13.2 Å². The van der Waals surface area contributed by atoms with Gasteiger partial charge in [0, 0.05) is 0 Å². The van der Waals surface area contributed by atoms with E-state index in [1.54, 1.807) is 0 Å². The molecule has 0 atom stereocenters. The van der Waals surface area contributed by atoms with Gasteiger partial charge in [-0.15, -0.1) is 0 Å². The second-order valence-electron chi connectivity index (χ2n) is 1.88. The summed E-state index contributed by atoms with van der Waals surface area (Å²) < 4.78 is 0. The van der Waals surface area contributed by atoms with Crippen molar-refractivity contribution in [2.24, 2.45) is 0 Å². The number of hydrogen-bond donors (Lipinski definition) is 2. The van der Waals surface area contributed by atoms with Crippen LogP contribution in [0.4, 0.5) is 5.82 Å². The number of aromatic amines is 1. The average molecular weight is 172 g/mol. The molecule has 0 spiro atoms. The zero-order valence-electron chi connectivity index (χ0n) is 6.14. The van der Waals surface area contributed by atoms with Gasteiger partial charge in [-0.2, -0.15) is 5.10 Å². The van der Waals surface area contributed by atoms with Gasteiger partial charge in [-0.1, -0.05) is 0 Å². The van der Waals surface area contributed by atoms with Gasteiger partial charge in [-0.25, -0.2) is 4.79 Å². The molecule has 0 amide bonds. The van der Waals surface area contributed by atoms with Crippen molar-refractivity contribution in [2.45, 2.75) is 0 Å². The van der Waals surface area contributed by atoms with Crippen LogP contribution in [0.5, 0.6) is 0 Å². The number of carbonyl (C=O) groups is 1. The first-order chi connectivity index (χ1) is 5.65. The molecule has 7 heteroatoms. The quantitative estimate of drug-likeness (QED) is 0.629. The van der Waals surface area contributed by atoms with E-state index in [1.165, 1.54) is 0 Å². The lowest BCUT2D eigenvalue weighted by Crippen LogP contribution is -1.97. The minimum Gasteiger partial charge on any atom is -0.476 e. The second kappa shape index (κ2) is 2.99. The van der Waals surface area contributed by atoms with Crippen molar-refractivity contribution in [3.05, 3.63) is 16.7 Å². The third-order valence-electron chi connectivity index (χ3n) is 1.15. The van der Waals surface area contributed by atoms with E-state index < -0.39 is 5.97 Å². The van der Waals surface area contributed by atoms with E-state index in [4.69, 9.17) is 5.11 Å². The van der Waals surface area contributed by atoms with Crippen LogP contribution in [-0.4, -0.2) is 33.3 Å². The van der Waals surface area contributed by atoms with Gasteiger partial charge in [0.2, 0.25) is 0 Å². The highest BCUT2D eigenvalue weighted by molar-refractivity contribution is 5.85. The van der Waals surface area contributed by atoms with E-state index in [9.17, 15) is 9.70 Å². The smallest absolute Gasteiger partial charge is 0.434 e. The number of rotatable bonds is 3. The summed E-state index contributed by atoms with van der Waals surface area (Å²) in [4.78, 5) is 25.3. The molecule has 1 aromatic rings. The van der Waals surface area contributed by atoms with Gasteiger partial charge in [0.25, 0.3) is 0 Å². The Morgan fingerprint density at radius 1 is 1.83 bits per heavy atom. The molecule has 0 aliphatic heterocycles. The molecule has 0 aromatic carbocycles. The predicted octanol–water partition coefficient (Wildman–Crippen LogP) is 0.0797. The van der Waals surface area contributed by atoms with Gasteiger partial charge >= 0.3 is 11.8 Å². The molecule has 1 heterocycles. The number of carboxylic acids is 1. The van der Waals surface area contributed by atoms with Crippen molar-refractivity contribution in [2.75, 3.05) is 7.11 Å². The van der Waals surface area contributed by atoms with Crippen LogP contribution in [0.15, 0.2) is 6.07 Å². The van der Waals surface area contributed by atoms with E-state index in [1.807, 2.05) is 0 Å². The van der Waals surface area contributed by atoms with Gasteiger partial charge in [0.15, 0.2) is 10.6 Å². The number of aromatic nitrogens is 2. The highest BCUT2D eigenvalue weighted by atomic mass is 16.8. The molecule has 2 N–H and O–H groups in total. The molecule has 1 aromatic heterocycles. The first kappa shape index (κ1) is 8.18. The molecule has 7 nitrogen and oxygen atoms in total. The minimum absolute atomic E-state index is 0.100. The first-order valence-electron chi connectivity index (χ1n) is 2.95. The summed E-state index contributed by atoms with van der Waals surface area (Å²) in [5.41, 5.74) is -0.164. The highest BCUT2D eigenvalue weighted by Gasteiger charge is 2.20. The van der Waals surface area contributed by atoms with Gasteiger partial charge in [-0.05, 0) is 4.91 Å². The van der Waals surface area contributed by atoms with Crippen molar-refractivity contribution in [1.29, 1.82) is 0 Å². The maximum absolute atomic E-state index is 10.7. The van der Waals surface area contributed by atoms with Crippen LogP contribution in [0, 0.1) is 4.91 Å². The molecule has 0 unspecified atom stereocenters. The largest absolute Gasteiger partial charge is 0.476 e. The third-order valence-corrected chi connectivity index (χ3v) is 1.15. The van der Waals surface area contributed by atoms with Crippen LogP contribution in [-0.2, 0) is 4.84 Å². The van der Waals surface area contributed by atoms with E-state index >= 15 is 0 Å². The average Bonchev–Trinajstić information content (AvgIpc) is 2.51. The minimum atomic E-state index is -1.18. The Balaban J connectivity index is 2.91. The number of nitrogens with zero attached hydrogens (tertiary/aromatic N) is 2. The van der Waals surface area contributed by atoms with E-state index in [0.29, 0.717) is 0 Å². The Hall–Kier alpha value is -1.92. The maximum atomic E-state index is 10.7. The zero-order chi connectivity index (χ0) is 9.14. The second-order valence-corrected chi connectivity index (χ2v) is 1.88. The van der Waals surface area contributed by atoms with Crippen molar-refractivity contribution >= 4 is 11.8 Å². The van der Waals surface area contributed by atoms with Crippen molar-refractivity contribution < 1.29 is 19.7 Å². The Labute approximate surface area is 66.5 Å². The monoisotopic (exact) mass is 172 g/mol. The molecular weight excluding hydrogens is 166 g/mol. The fourth-order valence-corrected chi connectivity index (χ4v) is 0.608. The Morgan fingerprint density at radius 2 is 2.50 bits per heavy atom. The third kappa shape index (κ3) is 1.39. The molecule has 0 saturated heterocycles. The Kier molecular flexibility index (Phi) is 2.04. The Morgan fingerprint density at radius 3 is 2.92 bits per heavy atom. The molecule has 64 valence electrons. The lowest BCUT2D eigenvalue weighted by atomic mass is 10.4. The number of carboxylic acid groups (broad SMARTS) is 1. The first-order valence-corrected chi connectivity index (χ1v) is 2.95. The molecule has 0 radical (unpaired) electrons. The Bertz CT molecular complexity index is 318. The number of aromatic carboxylic acids is 1. The fraction of sp³-hybridized carbons (Fsp3) is 0.200. The summed E-state index contributed by atoms with van der Waals surface area (Å²) in [6.45, 7) is 0. The van der Waals surface area contributed by atoms with Crippen molar-refractivity contribution in [3.63, 3.8) is 0 Å². The molecular formula is C5H6N3O4+. The van der Waals surface area contributed by atoms with Crippen LogP contribution < -0.4 is 0 Å². The van der Waals surface area contributed by atoms with Crippen LogP contribution in [0.1, 0.15) is 10.5 Å². The van der Waals surface area contributed by atoms with Crippen LogP contribution in [0.2, 0.25) is 0 Å². The maximum Gasteiger partial charge on any atom is 0.434 e. The van der Waals surface area contributed by atoms with Crippen LogP contribution in [0.3, 0.4) is 0 Å². The number of H-pyrrole nitrogens is 1. The molecule has 0 aliphatic carbocycles. The number of nitrogens with one attached hydrogen (secondary N) is 1. The summed E-state index contributed by atoms with van der Waals surface area (Å²) in [5, 5.41) is 14.0. The summed E-state index contributed by atoms with van der Waals surface area (Å²) in [5.74, 6) is -1.31. The molecule has 1 rings (SSSR count). The predicted molar refractivity (Wildman–Crippen MR) is 35.8 cm³/mol. The molecule has 12 heavy (non-hydrogen) atoms. The molecule has 0 bridgehead atoms. The van der Waals surface area contributed by atoms with E-state index in [-0.39, 0.29) is 16.4 Å². The fourth-order valence-electron chi connectivity index (χ4n) is 0.608. The highest BCUT2D eigenvalue weighted by Crippen LogP contribution is 2.08. The topological polar surface area (TPSA) is 95.3 Å². The van der Waals surface area contributed by atoms with Gasteiger partial charge in [-0.3, -0.25) is 0 Å². The summed E-state index contributed by atoms with van der Waals surface area (Å²) in [6.07, 6.45) is 0.